The van der Waals surface area contributed by atoms with Crippen LogP contribution in [-0.4, -0.2) is 24.2 Å². The van der Waals surface area contributed by atoms with E-state index in [0.29, 0.717) is 13.1 Å². The van der Waals surface area contributed by atoms with Gasteiger partial charge in [-0.25, -0.2) is 9.97 Å². The second-order valence-electron chi connectivity index (χ2n) is 5.66. The molecule has 0 aliphatic rings. The Hall–Kier alpha value is -3.28. The summed E-state index contributed by atoms with van der Waals surface area (Å²) in [6, 6.07) is 17.7. The van der Waals surface area contributed by atoms with E-state index in [1.165, 1.54) is 0 Å². The van der Waals surface area contributed by atoms with Crippen molar-refractivity contribution < 1.29 is 9.47 Å². The lowest BCUT2D eigenvalue weighted by Crippen LogP contribution is -2.06. The molecule has 2 N–H and O–H groups in total. The van der Waals surface area contributed by atoms with Crippen LogP contribution < -0.4 is 20.1 Å². The van der Waals surface area contributed by atoms with Crippen LogP contribution in [0.25, 0.3) is 0 Å². The molecule has 2 aromatic carbocycles. The Bertz CT molecular complexity index is 837. The second-order valence-corrected chi connectivity index (χ2v) is 5.66. The van der Waals surface area contributed by atoms with Gasteiger partial charge in [0.2, 0.25) is 0 Å². The molecule has 0 bridgehead atoms. The number of ether oxygens (including phenoxy) is 2. The normalized spacial score (nSPS) is 10.2. The van der Waals surface area contributed by atoms with E-state index in [1.807, 2.05) is 54.6 Å². The molecule has 0 saturated heterocycles. The molecule has 0 unspecified atom stereocenters. The Labute approximate surface area is 153 Å². The molecule has 0 aliphatic carbocycles. The van der Waals surface area contributed by atoms with Gasteiger partial charge in [-0.1, -0.05) is 30.3 Å². The first-order valence-electron chi connectivity index (χ1n) is 8.33. The van der Waals surface area contributed by atoms with Crippen molar-refractivity contribution in [1.82, 2.24) is 9.97 Å². The third kappa shape index (κ3) is 4.63. The predicted octanol–water partition coefficient (Wildman–Crippen LogP) is 3.72. The Morgan fingerprint density at radius 3 is 2.19 bits per heavy atom. The van der Waals surface area contributed by atoms with Crippen LogP contribution in [0, 0.1) is 0 Å². The lowest BCUT2D eigenvalue weighted by molar-refractivity contribution is 0.410. The summed E-state index contributed by atoms with van der Waals surface area (Å²) >= 11 is 0. The van der Waals surface area contributed by atoms with Crippen molar-refractivity contribution in [1.29, 1.82) is 0 Å². The van der Waals surface area contributed by atoms with Crippen molar-refractivity contribution in [2.24, 2.45) is 0 Å². The molecule has 0 fully saturated rings. The predicted molar refractivity (Wildman–Crippen MR) is 103 cm³/mol. The summed E-state index contributed by atoms with van der Waals surface area (Å²) in [4.78, 5) is 8.53. The zero-order valence-electron chi connectivity index (χ0n) is 14.9. The molecule has 0 radical (unpaired) electrons. The van der Waals surface area contributed by atoms with Crippen LogP contribution >= 0.6 is 0 Å². The number of hydrogen-bond donors (Lipinski definition) is 2. The molecule has 6 heteroatoms. The Balaban J connectivity index is 1.59. The summed E-state index contributed by atoms with van der Waals surface area (Å²) in [5, 5.41) is 6.60. The maximum Gasteiger partial charge on any atom is 0.131 e. The van der Waals surface area contributed by atoms with E-state index in [2.05, 4.69) is 20.6 Å². The molecule has 1 aromatic heterocycles. The van der Waals surface area contributed by atoms with Gasteiger partial charge in [0.25, 0.3) is 0 Å². The lowest BCUT2D eigenvalue weighted by Gasteiger charge is -2.11. The molecule has 134 valence electrons. The molecule has 1 heterocycles. The van der Waals surface area contributed by atoms with Crippen LogP contribution in [0.5, 0.6) is 11.5 Å². The highest BCUT2D eigenvalue weighted by Gasteiger charge is 2.03. The van der Waals surface area contributed by atoms with Crippen LogP contribution in [-0.2, 0) is 13.1 Å². The van der Waals surface area contributed by atoms with Crippen molar-refractivity contribution in [2.45, 2.75) is 13.1 Å². The topological polar surface area (TPSA) is 68.3 Å². The van der Waals surface area contributed by atoms with Gasteiger partial charge >= 0.3 is 0 Å². The van der Waals surface area contributed by atoms with Crippen molar-refractivity contribution in [2.75, 3.05) is 24.9 Å². The highest BCUT2D eigenvalue weighted by atomic mass is 16.5. The summed E-state index contributed by atoms with van der Waals surface area (Å²) in [6.45, 7) is 1.30. The van der Waals surface area contributed by atoms with E-state index in [0.717, 1.165) is 34.3 Å². The number of aromatic nitrogens is 2. The molecule has 0 spiro atoms. The second kappa shape index (κ2) is 8.71. The van der Waals surface area contributed by atoms with Gasteiger partial charge in [0.15, 0.2) is 0 Å². The number of hydrogen-bond acceptors (Lipinski definition) is 6. The Kier molecular flexibility index (Phi) is 5.88. The maximum absolute atomic E-state index is 5.37. The van der Waals surface area contributed by atoms with Crippen LogP contribution in [0.4, 0.5) is 11.6 Å². The minimum Gasteiger partial charge on any atom is -0.497 e. The molecular formula is C20H22N4O2. The fraction of sp³-hybridized carbons (Fsp3) is 0.200. The van der Waals surface area contributed by atoms with E-state index in [-0.39, 0.29) is 0 Å². The van der Waals surface area contributed by atoms with Gasteiger partial charge in [0.05, 0.1) is 14.2 Å². The highest BCUT2D eigenvalue weighted by Crippen LogP contribution is 2.19. The van der Waals surface area contributed by atoms with E-state index in [4.69, 9.17) is 9.47 Å². The third-order valence-electron chi connectivity index (χ3n) is 3.95. The van der Waals surface area contributed by atoms with Gasteiger partial charge in [-0.15, -0.1) is 0 Å². The van der Waals surface area contributed by atoms with Crippen molar-refractivity contribution >= 4 is 11.6 Å². The van der Waals surface area contributed by atoms with Crippen LogP contribution in [0.15, 0.2) is 60.9 Å². The summed E-state index contributed by atoms with van der Waals surface area (Å²) in [6.07, 6.45) is 1.54. The van der Waals surface area contributed by atoms with Gasteiger partial charge in [-0.05, 0) is 23.8 Å². The van der Waals surface area contributed by atoms with Crippen LogP contribution in [0.3, 0.4) is 0 Å². The molecule has 0 saturated carbocycles. The quantitative estimate of drug-likeness (QED) is 0.645. The smallest absolute Gasteiger partial charge is 0.131 e. The molecule has 26 heavy (non-hydrogen) atoms. The fourth-order valence-electron chi connectivity index (χ4n) is 2.52. The minimum atomic E-state index is 0.624. The maximum atomic E-state index is 5.37. The summed E-state index contributed by atoms with van der Waals surface area (Å²) < 4.78 is 10.5. The molecule has 0 amide bonds. The molecular weight excluding hydrogens is 328 g/mol. The number of nitrogens with zero attached hydrogens (tertiary/aromatic N) is 2. The largest absolute Gasteiger partial charge is 0.497 e. The molecule has 3 aromatic rings. The first kappa shape index (κ1) is 17.5. The zero-order valence-corrected chi connectivity index (χ0v) is 14.9. The van der Waals surface area contributed by atoms with E-state index < -0.39 is 0 Å². The average Bonchev–Trinajstić information content (AvgIpc) is 2.71. The van der Waals surface area contributed by atoms with E-state index in [1.54, 1.807) is 20.5 Å². The Morgan fingerprint density at radius 2 is 1.50 bits per heavy atom. The number of benzene rings is 2. The van der Waals surface area contributed by atoms with E-state index >= 15 is 0 Å². The van der Waals surface area contributed by atoms with E-state index in [9.17, 15) is 0 Å². The third-order valence-corrected chi connectivity index (χ3v) is 3.95. The number of rotatable bonds is 8. The number of nitrogens with one attached hydrogen (secondary N) is 2. The van der Waals surface area contributed by atoms with Crippen molar-refractivity contribution in [3.05, 3.63) is 72.1 Å². The molecule has 6 nitrogen and oxygen atoms in total. The fourth-order valence-corrected chi connectivity index (χ4v) is 2.52. The van der Waals surface area contributed by atoms with Crippen molar-refractivity contribution in [3.63, 3.8) is 0 Å². The molecule has 3 rings (SSSR count). The van der Waals surface area contributed by atoms with Gasteiger partial charge < -0.3 is 20.1 Å². The van der Waals surface area contributed by atoms with Crippen molar-refractivity contribution in [3.8, 4) is 11.5 Å². The first-order valence-corrected chi connectivity index (χ1v) is 8.33. The van der Waals surface area contributed by atoms with Gasteiger partial charge in [0, 0.05) is 24.7 Å². The molecule has 0 aliphatic heterocycles. The van der Waals surface area contributed by atoms with Gasteiger partial charge in [-0.3, -0.25) is 0 Å². The highest BCUT2D eigenvalue weighted by molar-refractivity contribution is 5.48. The van der Waals surface area contributed by atoms with Gasteiger partial charge in [0.1, 0.15) is 29.5 Å². The van der Waals surface area contributed by atoms with Crippen LogP contribution in [0.2, 0.25) is 0 Å². The SMILES string of the molecule is COc1ccc(CNc2cc(NCc3ccccc3OC)ncn2)cc1. The summed E-state index contributed by atoms with van der Waals surface area (Å²) in [7, 11) is 3.33. The average molecular weight is 350 g/mol. The summed E-state index contributed by atoms with van der Waals surface area (Å²) in [5.74, 6) is 3.21. The standard InChI is InChI=1S/C20H22N4O2/c1-25-17-9-7-15(8-10-17)12-21-19-11-20(24-14-23-19)22-13-16-5-3-4-6-18(16)26-2/h3-11,14H,12-13H2,1-2H3,(H2,21,22,23,24). The summed E-state index contributed by atoms with van der Waals surface area (Å²) in [5.41, 5.74) is 2.22. The zero-order chi connectivity index (χ0) is 18.2. The minimum absolute atomic E-state index is 0.624. The monoisotopic (exact) mass is 350 g/mol. The Morgan fingerprint density at radius 1 is 0.808 bits per heavy atom. The van der Waals surface area contributed by atoms with Crippen LogP contribution in [0.1, 0.15) is 11.1 Å². The first-order chi connectivity index (χ1) is 12.8. The lowest BCUT2D eigenvalue weighted by atomic mass is 10.2. The van der Waals surface area contributed by atoms with Gasteiger partial charge in [-0.2, -0.15) is 0 Å². The molecule has 0 atom stereocenters. The number of para-hydroxylation sites is 1. The number of anilines is 2. The number of methoxy groups -OCH3 is 2.